The van der Waals surface area contributed by atoms with Crippen molar-refractivity contribution in [2.45, 2.75) is 55.5 Å². The summed E-state index contributed by atoms with van der Waals surface area (Å²) in [6.07, 6.45) is -2.09. The van der Waals surface area contributed by atoms with Gasteiger partial charge in [0.1, 0.15) is 18.7 Å². The average molecular weight is 424 g/mol. The second kappa shape index (κ2) is 10.1. The first-order chi connectivity index (χ1) is 13.4. The van der Waals surface area contributed by atoms with Crippen LogP contribution in [0.5, 0.6) is 0 Å². The van der Waals surface area contributed by atoms with Crippen molar-refractivity contribution in [3.63, 3.8) is 0 Å². The van der Waals surface area contributed by atoms with Crippen LogP contribution in [0.25, 0.3) is 0 Å². The molecular formula is C15H26Cl3N3O4. The Labute approximate surface area is 170 Å². The Kier molecular flexibility index (Phi) is 6.37. The highest BCUT2D eigenvalue weighted by molar-refractivity contribution is 6.67. The molecule has 1 amide bonds. The molecule has 7 nitrogen and oxygen atoms in total. The van der Waals surface area contributed by atoms with Gasteiger partial charge in [-0.25, -0.2) is 10.4 Å². The van der Waals surface area contributed by atoms with Gasteiger partial charge in [-0.05, 0) is 25.7 Å². The summed E-state index contributed by atoms with van der Waals surface area (Å²) in [7, 11) is 0. The molecule has 1 heterocycles. The van der Waals surface area contributed by atoms with Crippen LogP contribution in [0, 0.1) is 5.89 Å². The molecule has 1 saturated heterocycles. The minimum Gasteiger partial charge on any atom is -0.460 e. The molecule has 0 bridgehead atoms. The van der Waals surface area contributed by atoms with Gasteiger partial charge in [0.15, 0.2) is 0 Å². The number of hydrogen-bond acceptors (Lipinski definition) is 6. The number of amides is 1. The number of hydrogen-bond donors (Lipinski definition) is 3. The van der Waals surface area contributed by atoms with Crippen LogP contribution < -0.4 is 10.7 Å². The molecule has 0 aromatic heterocycles. The maximum absolute atomic E-state index is 12.3. The van der Waals surface area contributed by atoms with E-state index >= 15 is 0 Å². The van der Waals surface area contributed by atoms with Gasteiger partial charge in [-0.15, -0.1) is 0 Å². The lowest BCUT2D eigenvalue weighted by atomic mass is 10.1. The highest BCUT2D eigenvalue weighted by Crippen LogP contribution is 2.26. The molecule has 1 fully saturated rings. The Hall–Kier alpha value is -0.310. The van der Waals surface area contributed by atoms with E-state index in [1.165, 1.54) is 0 Å². The summed E-state index contributed by atoms with van der Waals surface area (Å²) < 4.78 is 40.7. The second-order valence-electron chi connectivity index (χ2n) is 5.84. The van der Waals surface area contributed by atoms with Crippen molar-refractivity contribution in [1.29, 1.82) is 0 Å². The molecule has 3 N–H and O–H groups in total. The number of alkyl halides is 3. The van der Waals surface area contributed by atoms with Crippen LogP contribution >= 0.6 is 34.8 Å². The van der Waals surface area contributed by atoms with Gasteiger partial charge in [0, 0.05) is 24.6 Å². The van der Waals surface area contributed by atoms with Gasteiger partial charge in [-0.3, -0.25) is 9.59 Å². The topological polar surface area (TPSA) is 90.9 Å². The van der Waals surface area contributed by atoms with Crippen LogP contribution in [-0.4, -0.2) is 63.6 Å². The molecule has 0 aliphatic carbocycles. The first-order valence-electron chi connectivity index (χ1n) is 10.2. The van der Waals surface area contributed by atoms with Gasteiger partial charge in [0.25, 0.3) is 0 Å². The molecule has 1 rings (SSSR count). The van der Waals surface area contributed by atoms with Crippen LogP contribution in [0.1, 0.15) is 40.4 Å². The monoisotopic (exact) mass is 422 g/mol. The quantitative estimate of drug-likeness (QED) is 0.423. The van der Waals surface area contributed by atoms with Crippen LogP contribution in [0.4, 0.5) is 0 Å². The molecule has 1 aliphatic rings. The standard InChI is InChI=1S/C15H26Cl3N3O4/c1-9(2)12(22)13(23)19-10(3)7-21-6-4-5-11(20-21)14(24)25-8-15(16,17)18/h9-12,20,22H,4-8H2,1-3H3,(H,19,23)/t10-,11-,12-/m0/s1/i1D3,9D,12D/t9?,10-,11-,12-. The Morgan fingerprint density at radius 2 is 2.20 bits per heavy atom. The minimum absolute atomic E-state index is 0.165. The first kappa shape index (κ1) is 15.7. The predicted molar refractivity (Wildman–Crippen MR) is 97.4 cm³/mol. The SMILES string of the molecule is [2H]C([2H])([2H])C([2H])(C)[C@]([2H])(O)C(=O)N[C@@H](C)CN1CCC[C@@H](C(=O)OCC(Cl)(Cl)Cl)N1. The van der Waals surface area contributed by atoms with Gasteiger partial charge in [-0.2, -0.15) is 0 Å². The number of nitrogens with zero attached hydrogens (tertiary/aromatic N) is 1. The van der Waals surface area contributed by atoms with E-state index < -0.39 is 53.2 Å². The molecule has 1 aliphatic heterocycles. The summed E-state index contributed by atoms with van der Waals surface area (Å²) in [4.78, 5) is 24.4. The van der Waals surface area contributed by atoms with Crippen molar-refractivity contribution in [3.05, 3.63) is 0 Å². The molecule has 146 valence electrons. The van der Waals surface area contributed by atoms with E-state index in [2.05, 4.69) is 10.7 Å². The average Bonchev–Trinajstić information content (AvgIpc) is 2.57. The van der Waals surface area contributed by atoms with Crippen LogP contribution in [-0.2, 0) is 14.3 Å². The molecule has 0 aromatic carbocycles. The van der Waals surface area contributed by atoms with E-state index in [9.17, 15) is 14.7 Å². The zero-order chi connectivity index (χ0) is 23.5. The Bertz CT molecular complexity index is 632. The Morgan fingerprint density at radius 1 is 1.52 bits per heavy atom. The summed E-state index contributed by atoms with van der Waals surface area (Å²) >= 11 is 16.7. The molecule has 0 radical (unpaired) electrons. The lowest BCUT2D eigenvalue weighted by molar-refractivity contribution is -0.149. The largest absolute Gasteiger partial charge is 0.460 e. The molecular weight excluding hydrogens is 393 g/mol. The summed E-state index contributed by atoms with van der Waals surface area (Å²) in [5.41, 5.74) is 2.93. The van der Waals surface area contributed by atoms with E-state index in [-0.39, 0.29) is 6.54 Å². The predicted octanol–water partition coefficient (Wildman–Crippen LogP) is 1.39. The van der Waals surface area contributed by atoms with Crippen LogP contribution in [0.3, 0.4) is 0 Å². The lowest BCUT2D eigenvalue weighted by Crippen LogP contribution is -2.57. The highest BCUT2D eigenvalue weighted by Gasteiger charge is 2.30. The zero-order valence-corrected chi connectivity index (χ0v) is 16.2. The van der Waals surface area contributed by atoms with Crippen molar-refractivity contribution in [2.24, 2.45) is 5.89 Å². The number of esters is 1. The van der Waals surface area contributed by atoms with Crippen molar-refractivity contribution in [1.82, 2.24) is 15.8 Å². The molecule has 0 aromatic rings. The van der Waals surface area contributed by atoms with Crippen molar-refractivity contribution < 1.29 is 26.3 Å². The number of carbonyl (C=O) groups is 2. The summed E-state index contributed by atoms with van der Waals surface area (Å²) in [6, 6.07) is -1.33. The van der Waals surface area contributed by atoms with E-state index in [0.29, 0.717) is 19.4 Å². The number of aliphatic hydroxyl groups is 1. The number of nitrogens with one attached hydrogen (secondary N) is 2. The molecule has 25 heavy (non-hydrogen) atoms. The maximum Gasteiger partial charge on any atom is 0.324 e. The summed E-state index contributed by atoms with van der Waals surface area (Å²) in [5, 5.41) is 14.1. The third-order valence-corrected chi connectivity index (χ3v) is 3.69. The Balaban J connectivity index is 2.65. The van der Waals surface area contributed by atoms with Gasteiger partial charge in [0.2, 0.25) is 9.70 Å². The van der Waals surface area contributed by atoms with Crippen LogP contribution in [0.15, 0.2) is 0 Å². The number of carbonyl (C=O) groups excluding carboxylic acids is 2. The highest BCUT2D eigenvalue weighted by atomic mass is 35.6. The molecule has 10 heteroatoms. The van der Waals surface area contributed by atoms with Gasteiger partial charge >= 0.3 is 5.97 Å². The fourth-order valence-electron chi connectivity index (χ4n) is 2.24. The zero-order valence-electron chi connectivity index (χ0n) is 18.9. The summed E-state index contributed by atoms with van der Waals surface area (Å²) in [6.45, 7) is -0.394. The van der Waals surface area contributed by atoms with E-state index in [1.54, 1.807) is 11.9 Å². The van der Waals surface area contributed by atoms with Crippen LogP contribution in [0.2, 0.25) is 0 Å². The molecule has 1 unspecified atom stereocenters. The number of hydrazine groups is 1. The smallest absolute Gasteiger partial charge is 0.324 e. The third-order valence-electron chi connectivity index (χ3n) is 3.36. The van der Waals surface area contributed by atoms with Gasteiger partial charge in [0.05, 0.1) is 1.37 Å². The van der Waals surface area contributed by atoms with Crippen molar-refractivity contribution in [3.8, 4) is 0 Å². The number of halogens is 3. The third kappa shape index (κ3) is 8.75. The molecule has 0 spiro atoms. The Morgan fingerprint density at radius 3 is 2.80 bits per heavy atom. The number of ether oxygens (including phenoxy) is 1. The van der Waals surface area contributed by atoms with E-state index in [1.807, 2.05) is 0 Å². The van der Waals surface area contributed by atoms with Crippen molar-refractivity contribution in [2.75, 3.05) is 19.7 Å². The van der Waals surface area contributed by atoms with E-state index in [4.69, 9.17) is 46.4 Å². The van der Waals surface area contributed by atoms with Gasteiger partial charge < -0.3 is 15.2 Å². The van der Waals surface area contributed by atoms with E-state index in [0.717, 1.165) is 6.92 Å². The normalized spacial score (nSPS) is 28.7. The second-order valence-corrected chi connectivity index (χ2v) is 8.36. The minimum atomic E-state index is -3.20. The number of rotatable bonds is 7. The van der Waals surface area contributed by atoms with Gasteiger partial charge in [-0.1, -0.05) is 48.6 Å². The lowest BCUT2D eigenvalue weighted by Gasteiger charge is -2.34. The van der Waals surface area contributed by atoms with Crippen molar-refractivity contribution >= 4 is 46.7 Å². The maximum atomic E-state index is 12.3. The first-order valence-corrected chi connectivity index (χ1v) is 8.79. The summed E-state index contributed by atoms with van der Waals surface area (Å²) in [5.74, 6) is -4.66. The fraction of sp³-hybridized carbons (Fsp3) is 0.867. The molecule has 0 saturated carbocycles. The molecule has 4 atom stereocenters. The fourth-order valence-corrected chi connectivity index (χ4v) is 2.41.